The lowest BCUT2D eigenvalue weighted by atomic mass is 9.87. The van der Waals surface area contributed by atoms with Crippen LogP contribution in [-0.2, 0) is 16.9 Å². The number of carbonyl (C=O) groups excluding carboxylic acids is 2. The molecule has 4 aromatic carbocycles. The maximum Gasteiger partial charge on any atom is 0.264 e. The number of para-hydroxylation sites is 1. The quantitative estimate of drug-likeness (QED) is 0.343. The minimum atomic E-state index is -1.90. The van der Waals surface area contributed by atoms with E-state index < -0.39 is 11.5 Å². The first-order valence-corrected chi connectivity index (χ1v) is 12.0. The topological polar surface area (TPSA) is 57.6 Å². The second-order valence-corrected chi connectivity index (χ2v) is 9.77. The number of rotatable bonds is 6. The molecule has 176 valence electrons. The summed E-state index contributed by atoms with van der Waals surface area (Å²) in [7, 11) is 0. The molecule has 0 bridgehead atoms. The Bertz CT molecular complexity index is 1450. The van der Waals surface area contributed by atoms with Crippen LogP contribution in [0.4, 0.5) is 5.69 Å². The zero-order chi connectivity index (χ0) is 24.7. The molecule has 1 heterocycles. The predicted molar refractivity (Wildman–Crippen MR) is 140 cm³/mol. The third-order valence-corrected chi connectivity index (χ3v) is 7.10. The molecule has 4 aromatic rings. The SMILES string of the molecule is Cc1ccc(C(C)C)cc1CN1C(=O)C(O)(CC(=O)c2ccc3ccccc3c2)c2ccccc21. The van der Waals surface area contributed by atoms with Crippen molar-refractivity contribution >= 4 is 28.2 Å². The molecule has 0 aliphatic carbocycles. The Morgan fingerprint density at radius 1 is 0.914 bits per heavy atom. The van der Waals surface area contributed by atoms with Crippen LogP contribution in [0.5, 0.6) is 0 Å². The van der Waals surface area contributed by atoms with Crippen molar-refractivity contribution in [3.63, 3.8) is 0 Å². The van der Waals surface area contributed by atoms with E-state index in [1.807, 2.05) is 55.5 Å². The van der Waals surface area contributed by atoms with Gasteiger partial charge in [0.15, 0.2) is 11.4 Å². The number of hydrogen-bond donors (Lipinski definition) is 1. The Labute approximate surface area is 205 Å². The van der Waals surface area contributed by atoms with Gasteiger partial charge < -0.3 is 10.0 Å². The lowest BCUT2D eigenvalue weighted by Crippen LogP contribution is -2.41. The number of fused-ring (bicyclic) bond motifs is 2. The molecule has 4 nitrogen and oxygen atoms in total. The average Bonchev–Trinajstić information content (AvgIpc) is 3.06. The fraction of sp³-hybridized carbons (Fsp3) is 0.226. The van der Waals surface area contributed by atoms with E-state index in [1.54, 1.807) is 23.1 Å². The Hall–Kier alpha value is -3.76. The molecule has 1 N–H and O–H groups in total. The molecule has 0 saturated carbocycles. The van der Waals surface area contributed by atoms with Gasteiger partial charge in [-0.15, -0.1) is 0 Å². The summed E-state index contributed by atoms with van der Waals surface area (Å²) in [5, 5.41) is 13.7. The average molecular weight is 464 g/mol. The highest BCUT2D eigenvalue weighted by molar-refractivity contribution is 6.11. The zero-order valence-corrected chi connectivity index (χ0v) is 20.3. The van der Waals surface area contributed by atoms with Gasteiger partial charge >= 0.3 is 0 Å². The van der Waals surface area contributed by atoms with Crippen LogP contribution in [-0.4, -0.2) is 16.8 Å². The number of Topliss-reactive ketones (excluding diaryl/α,β-unsaturated/α-hetero) is 1. The third-order valence-electron chi connectivity index (χ3n) is 7.10. The maximum absolute atomic E-state index is 13.7. The number of anilines is 1. The number of benzene rings is 4. The third kappa shape index (κ3) is 4.04. The first kappa shape index (κ1) is 23.0. The number of aliphatic hydroxyl groups is 1. The Morgan fingerprint density at radius 3 is 2.40 bits per heavy atom. The molecule has 0 spiro atoms. The molecule has 4 heteroatoms. The van der Waals surface area contributed by atoms with Gasteiger partial charge in [0, 0.05) is 11.1 Å². The van der Waals surface area contributed by atoms with Gasteiger partial charge in [-0.2, -0.15) is 0 Å². The molecule has 1 aliphatic rings. The van der Waals surface area contributed by atoms with E-state index in [-0.39, 0.29) is 12.2 Å². The van der Waals surface area contributed by atoms with Gasteiger partial charge in [0.1, 0.15) is 0 Å². The van der Waals surface area contributed by atoms with Gasteiger partial charge in [0.25, 0.3) is 5.91 Å². The van der Waals surface area contributed by atoms with Crippen molar-refractivity contribution in [2.24, 2.45) is 0 Å². The minimum Gasteiger partial charge on any atom is -0.375 e. The molecular weight excluding hydrogens is 434 g/mol. The summed E-state index contributed by atoms with van der Waals surface area (Å²) in [6, 6.07) is 26.9. The number of amides is 1. The van der Waals surface area contributed by atoms with Crippen LogP contribution in [0, 0.1) is 6.92 Å². The molecule has 1 aliphatic heterocycles. The lowest BCUT2D eigenvalue weighted by molar-refractivity contribution is -0.136. The highest BCUT2D eigenvalue weighted by Gasteiger charge is 2.50. The van der Waals surface area contributed by atoms with E-state index in [1.165, 1.54) is 5.56 Å². The van der Waals surface area contributed by atoms with Gasteiger partial charge in [-0.3, -0.25) is 9.59 Å². The molecule has 35 heavy (non-hydrogen) atoms. The lowest BCUT2D eigenvalue weighted by Gasteiger charge is -2.24. The van der Waals surface area contributed by atoms with Gasteiger partial charge in [0.2, 0.25) is 0 Å². The van der Waals surface area contributed by atoms with Gasteiger partial charge in [-0.05, 0) is 52.4 Å². The second kappa shape index (κ2) is 8.79. The van der Waals surface area contributed by atoms with Crippen molar-refractivity contribution in [2.45, 2.75) is 45.3 Å². The van der Waals surface area contributed by atoms with Crippen LogP contribution in [0.15, 0.2) is 84.9 Å². The summed E-state index contributed by atoms with van der Waals surface area (Å²) in [6.45, 7) is 6.65. The summed E-state index contributed by atoms with van der Waals surface area (Å²) in [6.07, 6.45) is -0.303. The first-order chi connectivity index (χ1) is 16.8. The van der Waals surface area contributed by atoms with Crippen LogP contribution >= 0.6 is 0 Å². The van der Waals surface area contributed by atoms with Crippen molar-refractivity contribution < 1.29 is 14.7 Å². The normalized spacial score (nSPS) is 17.3. The first-order valence-electron chi connectivity index (χ1n) is 12.0. The number of nitrogens with zero attached hydrogens (tertiary/aromatic N) is 1. The monoisotopic (exact) mass is 463 g/mol. The molecule has 1 atom stereocenters. The minimum absolute atomic E-state index is 0.263. The fourth-order valence-corrected chi connectivity index (χ4v) is 4.92. The van der Waals surface area contributed by atoms with Crippen LogP contribution < -0.4 is 4.90 Å². The highest BCUT2D eigenvalue weighted by Crippen LogP contribution is 2.44. The predicted octanol–water partition coefficient (Wildman–Crippen LogP) is 6.28. The molecule has 0 aromatic heterocycles. The molecule has 1 unspecified atom stereocenters. The zero-order valence-electron chi connectivity index (χ0n) is 20.3. The van der Waals surface area contributed by atoms with Crippen LogP contribution in [0.25, 0.3) is 10.8 Å². The van der Waals surface area contributed by atoms with Crippen molar-refractivity contribution in [1.82, 2.24) is 0 Å². The van der Waals surface area contributed by atoms with Gasteiger partial charge in [0.05, 0.1) is 18.7 Å². The van der Waals surface area contributed by atoms with Crippen molar-refractivity contribution in [3.05, 3.63) is 113 Å². The number of aryl methyl sites for hydroxylation is 1. The summed E-state index contributed by atoms with van der Waals surface area (Å²) >= 11 is 0. The van der Waals surface area contributed by atoms with E-state index in [9.17, 15) is 14.7 Å². The Kier molecular flexibility index (Phi) is 5.78. The fourth-order valence-electron chi connectivity index (χ4n) is 4.92. The smallest absolute Gasteiger partial charge is 0.264 e. The van der Waals surface area contributed by atoms with Crippen LogP contribution in [0.3, 0.4) is 0 Å². The van der Waals surface area contributed by atoms with Gasteiger partial charge in [-0.25, -0.2) is 0 Å². The molecule has 0 saturated heterocycles. The molecule has 1 amide bonds. The molecule has 0 fully saturated rings. The number of ketones is 1. The molecule has 5 rings (SSSR count). The van der Waals surface area contributed by atoms with Gasteiger partial charge in [-0.1, -0.05) is 86.6 Å². The van der Waals surface area contributed by atoms with Crippen molar-refractivity contribution in [1.29, 1.82) is 0 Å². The molecular formula is C31H29NO3. The van der Waals surface area contributed by atoms with Crippen LogP contribution in [0.2, 0.25) is 0 Å². The second-order valence-electron chi connectivity index (χ2n) is 9.77. The van der Waals surface area contributed by atoms with E-state index in [0.29, 0.717) is 29.3 Å². The van der Waals surface area contributed by atoms with E-state index in [0.717, 1.165) is 21.9 Å². The van der Waals surface area contributed by atoms with Crippen molar-refractivity contribution in [2.75, 3.05) is 4.90 Å². The summed E-state index contributed by atoms with van der Waals surface area (Å²) in [5.74, 6) is -0.351. The summed E-state index contributed by atoms with van der Waals surface area (Å²) in [5.41, 5.74) is 3.04. The highest BCUT2D eigenvalue weighted by atomic mass is 16.3. The Morgan fingerprint density at radius 2 is 1.63 bits per heavy atom. The van der Waals surface area contributed by atoms with E-state index in [4.69, 9.17) is 0 Å². The van der Waals surface area contributed by atoms with Crippen LogP contribution in [0.1, 0.15) is 58.8 Å². The largest absolute Gasteiger partial charge is 0.375 e. The Balaban J connectivity index is 1.48. The van der Waals surface area contributed by atoms with E-state index >= 15 is 0 Å². The maximum atomic E-state index is 13.7. The van der Waals surface area contributed by atoms with Crippen molar-refractivity contribution in [3.8, 4) is 0 Å². The number of carbonyl (C=O) groups is 2. The summed E-state index contributed by atoms with van der Waals surface area (Å²) < 4.78 is 0. The molecule has 0 radical (unpaired) electrons. The standard InChI is InChI=1S/C31H29NO3/c1-20(2)23-13-12-21(3)26(16-23)19-32-28-11-7-6-10-27(28)31(35,30(32)34)18-29(33)25-15-14-22-8-4-5-9-24(22)17-25/h4-17,20,35H,18-19H2,1-3H3. The number of hydrogen-bond acceptors (Lipinski definition) is 3. The van der Waals surface area contributed by atoms with E-state index in [2.05, 4.69) is 32.0 Å². The summed E-state index contributed by atoms with van der Waals surface area (Å²) in [4.78, 5) is 28.7.